The Morgan fingerprint density at radius 3 is 2.61 bits per heavy atom. The maximum atomic E-state index is 12.0. The molecule has 0 saturated carbocycles. The number of nitrogens with zero attached hydrogens (tertiary/aromatic N) is 2. The molecule has 2 amide bonds. The van der Waals surface area contributed by atoms with E-state index in [0.717, 1.165) is 41.1 Å². The zero-order valence-electron chi connectivity index (χ0n) is 16.1. The van der Waals surface area contributed by atoms with Crippen molar-refractivity contribution in [3.05, 3.63) is 66.0 Å². The predicted octanol–water partition coefficient (Wildman–Crippen LogP) is 3.52. The SMILES string of the molecule is CC(=O)Nc1ccc(/C=C/C(=O)NCCCn2c(C)nc3ccccc32)cc1. The molecule has 1 aromatic heterocycles. The number of anilines is 1. The second-order valence-corrected chi connectivity index (χ2v) is 6.58. The number of aryl methyl sites for hydroxylation is 2. The summed E-state index contributed by atoms with van der Waals surface area (Å²) in [5.41, 5.74) is 3.74. The first-order valence-corrected chi connectivity index (χ1v) is 9.28. The summed E-state index contributed by atoms with van der Waals surface area (Å²) in [7, 11) is 0. The third-order valence-corrected chi connectivity index (χ3v) is 4.36. The van der Waals surface area contributed by atoms with Gasteiger partial charge in [0.05, 0.1) is 11.0 Å². The van der Waals surface area contributed by atoms with E-state index in [0.29, 0.717) is 6.54 Å². The van der Waals surface area contributed by atoms with Crippen molar-refractivity contribution in [1.29, 1.82) is 0 Å². The van der Waals surface area contributed by atoms with Crippen LogP contribution in [0.4, 0.5) is 5.69 Å². The standard InChI is InChI=1S/C22H24N4O2/c1-16-24-20-6-3-4-7-21(20)26(16)15-5-14-23-22(28)13-10-18-8-11-19(12-9-18)25-17(2)27/h3-4,6-13H,5,14-15H2,1-2H3,(H,23,28)(H,25,27)/b13-10+. The molecule has 2 N–H and O–H groups in total. The fraction of sp³-hybridized carbons (Fsp3) is 0.227. The molecule has 6 nitrogen and oxygen atoms in total. The normalized spacial score (nSPS) is 11.1. The summed E-state index contributed by atoms with van der Waals surface area (Å²) in [6.45, 7) is 4.87. The molecule has 0 fully saturated rings. The number of benzene rings is 2. The van der Waals surface area contributed by atoms with E-state index in [4.69, 9.17) is 0 Å². The van der Waals surface area contributed by atoms with Gasteiger partial charge in [-0.1, -0.05) is 24.3 Å². The molecule has 6 heteroatoms. The van der Waals surface area contributed by atoms with Crippen molar-refractivity contribution < 1.29 is 9.59 Å². The number of fused-ring (bicyclic) bond motifs is 1. The highest BCUT2D eigenvalue weighted by Crippen LogP contribution is 2.15. The number of rotatable bonds is 7. The predicted molar refractivity (Wildman–Crippen MR) is 112 cm³/mol. The summed E-state index contributed by atoms with van der Waals surface area (Å²) in [6.07, 6.45) is 4.10. The van der Waals surface area contributed by atoms with Gasteiger partial charge in [0.25, 0.3) is 0 Å². The van der Waals surface area contributed by atoms with Gasteiger partial charge in [0.15, 0.2) is 0 Å². The Morgan fingerprint density at radius 1 is 1.11 bits per heavy atom. The molecule has 0 unspecified atom stereocenters. The minimum atomic E-state index is -0.127. The highest BCUT2D eigenvalue weighted by molar-refractivity contribution is 5.92. The number of carbonyl (C=O) groups excluding carboxylic acids is 2. The Labute approximate surface area is 164 Å². The van der Waals surface area contributed by atoms with E-state index in [1.807, 2.05) is 37.3 Å². The number of hydrogen-bond donors (Lipinski definition) is 2. The Morgan fingerprint density at radius 2 is 1.86 bits per heavy atom. The smallest absolute Gasteiger partial charge is 0.244 e. The molecule has 0 saturated heterocycles. The minimum absolute atomic E-state index is 0.110. The zero-order chi connectivity index (χ0) is 19.9. The van der Waals surface area contributed by atoms with Crippen molar-refractivity contribution in [2.24, 2.45) is 0 Å². The van der Waals surface area contributed by atoms with Gasteiger partial charge in [0.1, 0.15) is 5.82 Å². The van der Waals surface area contributed by atoms with Crippen LogP contribution in [0.15, 0.2) is 54.6 Å². The zero-order valence-corrected chi connectivity index (χ0v) is 16.1. The monoisotopic (exact) mass is 376 g/mol. The lowest BCUT2D eigenvalue weighted by Crippen LogP contribution is -2.23. The average Bonchev–Trinajstić information content (AvgIpc) is 2.99. The van der Waals surface area contributed by atoms with Gasteiger partial charge in [-0.3, -0.25) is 9.59 Å². The fourth-order valence-electron chi connectivity index (χ4n) is 3.04. The van der Waals surface area contributed by atoms with Crippen LogP contribution in [-0.2, 0) is 16.1 Å². The van der Waals surface area contributed by atoms with Gasteiger partial charge in [-0.2, -0.15) is 0 Å². The van der Waals surface area contributed by atoms with E-state index in [9.17, 15) is 9.59 Å². The Bertz CT molecular complexity index is 1000. The second kappa shape index (κ2) is 8.99. The van der Waals surface area contributed by atoms with Crippen molar-refractivity contribution in [1.82, 2.24) is 14.9 Å². The number of hydrogen-bond acceptors (Lipinski definition) is 3. The molecule has 0 aliphatic carbocycles. The van der Waals surface area contributed by atoms with Gasteiger partial charge in [-0.05, 0) is 49.2 Å². The molecule has 0 radical (unpaired) electrons. The molecule has 0 aliphatic heterocycles. The lowest BCUT2D eigenvalue weighted by atomic mass is 10.2. The number of aromatic nitrogens is 2. The first-order chi connectivity index (χ1) is 13.5. The summed E-state index contributed by atoms with van der Waals surface area (Å²) in [4.78, 5) is 27.6. The molecular weight excluding hydrogens is 352 g/mol. The molecule has 3 aromatic rings. The number of amides is 2. The minimum Gasteiger partial charge on any atom is -0.352 e. The summed E-state index contributed by atoms with van der Waals surface area (Å²) in [5, 5.41) is 5.61. The molecule has 0 atom stereocenters. The van der Waals surface area contributed by atoms with Gasteiger partial charge in [-0.25, -0.2) is 4.98 Å². The van der Waals surface area contributed by atoms with Crippen LogP contribution in [-0.4, -0.2) is 27.9 Å². The van der Waals surface area contributed by atoms with Gasteiger partial charge in [0, 0.05) is 31.8 Å². The molecule has 2 aromatic carbocycles. The van der Waals surface area contributed by atoms with Crippen molar-refractivity contribution in [2.75, 3.05) is 11.9 Å². The maximum Gasteiger partial charge on any atom is 0.244 e. The third kappa shape index (κ3) is 5.07. The molecule has 3 rings (SSSR count). The van der Waals surface area contributed by atoms with E-state index in [1.54, 1.807) is 18.2 Å². The molecular formula is C22H24N4O2. The third-order valence-electron chi connectivity index (χ3n) is 4.36. The van der Waals surface area contributed by atoms with E-state index in [2.05, 4.69) is 26.3 Å². The Hall–Kier alpha value is -3.41. The molecule has 0 aliphatic rings. The highest BCUT2D eigenvalue weighted by atomic mass is 16.2. The van der Waals surface area contributed by atoms with Crippen LogP contribution >= 0.6 is 0 Å². The van der Waals surface area contributed by atoms with Crippen LogP contribution in [0.1, 0.15) is 24.7 Å². The number of imidazole rings is 1. The summed E-state index contributed by atoms with van der Waals surface area (Å²) >= 11 is 0. The molecule has 28 heavy (non-hydrogen) atoms. The molecule has 0 spiro atoms. The van der Waals surface area contributed by atoms with Crippen molar-refractivity contribution in [3.8, 4) is 0 Å². The van der Waals surface area contributed by atoms with Crippen molar-refractivity contribution in [3.63, 3.8) is 0 Å². The van der Waals surface area contributed by atoms with Crippen LogP contribution < -0.4 is 10.6 Å². The van der Waals surface area contributed by atoms with Crippen molar-refractivity contribution in [2.45, 2.75) is 26.8 Å². The van der Waals surface area contributed by atoms with E-state index in [-0.39, 0.29) is 11.8 Å². The van der Waals surface area contributed by atoms with Gasteiger partial charge >= 0.3 is 0 Å². The van der Waals surface area contributed by atoms with E-state index >= 15 is 0 Å². The average molecular weight is 376 g/mol. The second-order valence-electron chi connectivity index (χ2n) is 6.58. The maximum absolute atomic E-state index is 12.0. The Kier molecular flexibility index (Phi) is 6.22. The number of para-hydroxylation sites is 2. The topological polar surface area (TPSA) is 76.0 Å². The van der Waals surface area contributed by atoms with Crippen LogP contribution in [0.2, 0.25) is 0 Å². The first-order valence-electron chi connectivity index (χ1n) is 9.28. The summed E-state index contributed by atoms with van der Waals surface area (Å²) < 4.78 is 2.17. The lowest BCUT2D eigenvalue weighted by molar-refractivity contribution is -0.116. The Balaban J connectivity index is 1.46. The van der Waals surface area contributed by atoms with Crippen molar-refractivity contribution >= 4 is 34.6 Å². The molecule has 1 heterocycles. The summed E-state index contributed by atoms with van der Waals surface area (Å²) in [5.74, 6) is 0.745. The van der Waals surface area contributed by atoms with Gasteiger partial charge < -0.3 is 15.2 Å². The van der Waals surface area contributed by atoms with Crippen LogP contribution in [0, 0.1) is 6.92 Å². The first kappa shape index (κ1) is 19.4. The lowest BCUT2D eigenvalue weighted by Gasteiger charge is -2.07. The highest BCUT2D eigenvalue weighted by Gasteiger charge is 2.06. The number of nitrogens with one attached hydrogen (secondary N) is 2. The fourth-order valence-corrected chi connectivity index (χ4v) is 3.04. The quantitative estimate of drug-likeness (QED) is 0.489. The van der Waals surface area contributed by atoms with E-state index in [1.165, 1.54) is 13.0 Å². The molecule has 0 bridgehead atoms. The summed E-state index contributed by atoms with van der Waals surface area (Å²) in [6, 6.07) is 15.4. The number of carbonyl (C=O) groups is 2. The van der Waals surface area contributed by atoms with E-state index < -0.39 is 0 Å². The molecule has 144 valence electrons. The van der Waals surface area contributed by atoms with Gasteiger partial charge in [0.2, 0.25) is 11.8 Å². The van der Waals surface area contributed by atoms with Crippen LogP contribution in [0.25, 0.3) is 17.1 Å². The van der Waals surface area contributed by atoms with Crippen LogP contribution in [0.5, 0.6) is 0 Å². The largest absolute Gasteiger partial charge is 0.352 e. The van der Waals surface area contributed by atoms with Gasteiger partial charge in [-0.15, -0.1) is 0 Å². The van der Waals surface area contributed by atoms with Crippen LogP contribution in [0.3, 0.4) is 0 Å².